The summed E-state index contributed by atoms with van der Waals surface area (Å²) >= 11 is 1.28. The molecule has 5 rings (SSSR count). The van der Waals surface area contributed by atoms with Crippen molar-refractivity contribution in [3.63, 3.8) is 0 Å². The molecule has 178 valence electrons. The number of para-hydroxylation sites is 1. The van der Waals surface area contributed by atoms with Crippen molar-refractivity contribution in [2.24, 2.45) is 10.2 Å². The van der Waals surface area contributed by atoms with Gasteiger partial charge in [0.1, 0.15) is 9.71 Å². The van der Waals surface area contributed by atoms with Gasteiger partial charge >= 0.3 is 5.97 Å². The van der Waals surface area contributed by atoms with Crippen molar-refractivity contribution in [1.29, 1.82) is 0 Å². The van der Waals surface area contributed by atoms with Crippen molar-refractivity contribution < 1.29 is 14.3 Å². The number of fused-ring (bicyclic) bond motifs is 1. The summed E-state index contributed by atoms with van der Waals surface area (Å²) in [6, 6.07) is 27.8. The Morgan fingerprint density at radius 2 is 1.56 bits per heavy atom. The van der Waals surface area contributed by atoms with Crippen LogP contribution in [0.5, 0.6) is 0 Å². The van der Waals surface area contributed by atoms with Crippen LogP contribution in [0.4, 0.5) is 17.1 Å². The Morgan fingerprint density at radius 3 is 2.25 bits per heavy atom. The van der Waals surface area contributed by atoms with Crippen LogP contribution in [0.1, 0.15) is 15.4 Å². The van der Waals surface area contributed by atoms with Crippen LogP contribution < -0.4 is 5.32 Å². The van der Waals surface area contributed by atoms with Crippen molar-refractivity contribution in [3.05, 3.63) is 102 Å². The zero-order valence-corrected chi connectivity index (χ0v) is 20.1. The zero-order chi connectivity index (χ0) is 24.9. The molecule has 9 heteroatoms. The minimum atomic E-state index is -0.554. The average Bonchev–Trinajstić information content (AvgIpc) is 3.48. The number of anilines is 1. The summed E-state index contributed by atoms with van der Waals surface area (Å²) in [6.07, 6.45) is 0. The second-order valence-electron chi connectivity index (χ2n) is 7.87. The molecule has 1 amide bonds. The molecule has 0 unspecified atom stereocenters. The lowest BCUT2D eigenvalue weighted by Crippen LogP contribution is -2.20. The second-order valence-corrected chi connectivity index (χ2v) is 8.90. The van der Waals surface area contributed by atoms with Crippen molar-refractivity contribution in [2.45, 2.75) is 6.92 Å². The minimum absolute atomic E-state index is 0.396. The smallest absolute Gasteiger partial charge is 0.348 e. The van der Waals surface area contributed by atoms with E-state index >= 15 is 0 Å². The molecule has 5 aromatic rings. The zero-order valence-electron chi connectivity index (χ0n) is 19.3. The predicted molar refractivity (Wildman–Crippen MR) is 140 cm³/mol. The highest BCUT2D eigenvalue weighted by atomic mass is 32.1. The van der Waals surface area contributed by atoms with Gasteiger partial charge in [-0.2, -0.15) is 15.3 Å². The fourth-order valence-electron chi connectivity index (χ4n) is 3.51. The predicted octanol–water partition coefficient (Wildman–Crippen LogP) is 6.61. The molecule has 8 nitrogen and oxygen atoms in total. The molecule has 0 aliphatic rings. The molecule has 0 aliphatic carbocycles. The Balaban J connectivity index is 1.18. The summed E-state index contributed by atoms with van der Waals surface area (Å²) in [7, 11) is 0. The van der Waals surface area contributed by atoms with E-state index in [1.54, 1.807) is 30.3 Å². The van der Waals surface area contributed by atoms with Gasteiger partial charge in [-0.15, -0.1) is 11.3 Å². The number of aromatic nitrogens is 2. The van der Waals surface area contributed by atoms with Gasteiger partial charge in [0.25, 0.3) is 5.91 Å². The number of benzene rings is 3. The van der Waals surface area contributed by atoms with E-state index in [1.807, 2.05) is 72.3 Å². The van der Waals surface area contributed by atoms with Crippen molar-refractivity contribution in [3.8, 4) is 5.69 Å². The number of nitrogens with one attached hydrogen (secondary N) is 1. The Hall–Kier alpha value is -4.63. The number of carbonyl (C=O) groups is 2. The molecule has 0 radical (unpaired) electrons. The molecule has 0 saturated carbocycles. The Morgan fingerprint density at radius 1 is 0.917 bits per heavy atom. The van der Waals surface area contributed by atoms with Crippen LogP contribution >= 0.6 is 11.3 Å². The van der Waals surface area contributed by atoms with Crippen LogP contribution in [0.15, 0.2) is 101 Å². The number of rotatable bonds is 7. The van der Waals surface area contributed by atoms with Crippen molar-refractivity contribution >= 4 is 50.5 Å². The summed E-state index contributed by atoms with van der Waals surface area (Å²) in [6.45, 7) is 1.50. The molecule has 0 saturated heterocycles. The third kappa shape index (κ3) is 5.21. The number of amides is 1. The van der Waals surface area contributed by atoms with E-state index in [9.17, 15) is 9.59 Å². The average molecular weight is 496 g/mol. The van der Waals surface area contributed by atoms with Gasteiger partial charge in [0, 0.05) is 11.1 Å². The molecule has 0 atom stereocenters. The van der Waals surface area contributed by atoms with Gasteiger partial charge in [-0.25, -0.2) is 9.48 Å². The maximum atomic E-state index is 12.6. The standard InChI is InChI=1S/C27H21N5O3S/c1-18-23-16-24(36-26(23)32(31-18)22-10-6-3-7-11-22)27(34)35-17-25(33)28-19-12-14-21(15-13-19)30-29-20-8-4-2-5-9-20/h2-16H,17H2,1H3,(H,28,33). The number of hydrogen-bond donors (Lipinski definition) is 1. The third-order valence-electron chi connectivity index (χ3n) is 5.27. The van der Waals surface area contributed by atoms with Gasteiger partial charge in [-0.3, -0.25) is 4.79 Å². The largest absolute Gasteiger partial charge is 0.451 e. The monoisotopic (exact) mass is 495 g/mol. The molecular weight excluding hydrogens is 474 g/mol. The second kappa shape index (κ2) is 10.3. The normalized spacial score (nSPS) is 11.1. The molecular formula is C27H21N5O3S. The molecule has 0 bridgehead atoms. The maximum Gasteiger partial charge on any atom is 0.348 e. The molecule has 0 fully saturated rings. The van der Waals surface area contributed by atoms with Crippen LogP contribution in [-0.2, 0) is 9.53 Å². The molecule has 0 aliphatic heterocycles. The molecule has 2 aromatic heterocycles. The fourth-order valence-corrected chi connectivity index (χ4v) is 4.59. The number of azo groups is 1. The number of ether oxygens (including phenoxy) is 1. The molecule has 1 N–H and O–H groups in total. The maximum absolute atomic E-state index is 12.6. The molecule has 3 aromatic carbocycles. The first kappa shape index (κ1) is 23.1. The number of hydrogen-bond acceptors (Lipinski definition) is 7. The van der Waals surface area contributed by atoms with Crippen molar-refractivity contribution in [2.75, 3.05) is 11.9 Å². The highest BCUT2D eigenvalue weighted by Crippen LogP contribution is 2.30. The van der Waals surface area contributed by atoms with Gasteiger partial charge in [0.2, 0.25) is 0 Å². The van der Waals surface area contributed by atoms with E-state index in [1.165, 1.54) is 11.3 Å². The van der Waals surface area contributed by atoms with Crippen molar-refractivity contribution in [1.82, 2.24) is 9.78 Å². The van der Waals surface area contributed by atoms with E-state index in [4.69, 9.17) is 4.74 Å². The SMILES string of the molecule is Cc1nn(-c2ccccc2)c2sc(C(=O)OCC(=O)Nc3ccc(N=Nc4ccccc4)cc3)cc12. The summed E-state index contributed by atoms with van der Waals surface area (Å²) in [5.74, 6) is -0.989. The van der Waals surface area contributed by atoms with Gasteiger partial charge < -0.3 is 10.1 Å². The van der Waals surface area contributed by atoms with E-state index < -0.39 is 18.5 Å². The quantitative estimate of drug-likeness (QED) is 0.203. The van der Waals surface area contributed by atoms with E-state index in [0.717, 1.165) is 27.3 Å². The third-order valence-corrected chi connectivity index (χ3v) is 6.36. The first-order valence-electron chi connectivity index (χ1n) is 11.2. The van der Waals surface area contributed by atoms with E-state index in [-0.39, 0.29) is 0 Å². The lowest BCUT2D eigenvalue weighted by molar-refractivity contribution is -0.119. The van der Waals surface area contributed by atoms with Gasteiger partial charge in [0.05, 0.1) is 22.8 Å². The number of carbonyl (C=O) groups excluding carboxylic acids is 2. The number of aryl methyl sites for hydroxylation is 1. The van der Waals surface area contributed by atoms with Gasteiger partial charge in [-0.05, 0) is 61.5 Å². The van der Waals surface area contributed by atoms with Crippen LogP contribution in [0.2, 0.25) is 0 Å². The molecule has 0 spiro atoms. The lowest BCUT2D eigenvalue weighted by atomic mass is 10.3. The molecule has 2 heterocycles. The summed E-state index contributed by atoms with van der Waals surface area (Å²) in [5, 5.41) is 16.5. The first-order chi connectivity index (χ1) is 17.6. The number of esters is 1. The van der Waals surface area contributed by atoms with E-state index in [0.29, 0.717) is 16.3 Å². The number of nitrogens with zero attached hydrogens (tertiary/aromatic N) is 4. The Labute approximate surface area is 210 Å². The minimum Gasteiger partial charge on any atom is -0.451 e. The molecule has 36 heavy (non-hydrogen) atoms. The summed E-state index contributed by atoms with van der Waals surface area (Å²) < 4.78 is 7.06. The van der Waals surface area contributed by atoms with Crippen LogP contribution in [-0.4, -0.2) is 28.3 Å². The fraction of sp³-hybridized carbons (Fsp3) is 0.0741. The summed E-state index contributed by atoms with van der Waals surface area (Å²) in [4.78, 5) is 26.2. The van der Waals surface area contributed by atoms with Crippen LogP contribution in [0, 0.1) is 6.92 Å². The Bertz CT molecular complexity index is 1540. The van der Waals surface area contributed by atoms with Gasteiger partial charge in [-0.1, -0.05) is 36.4 Å². The first-order valence-corrected chi connectivity index (χ1v) is 12.0. The van der Waals surface area contributed by atoms with Crippen LogP contribution in [0.3, 0.4) is 0 Å². The van der Waals surface area contributed by atoms with Crippen LogP contribution in [0.25, 0.3) is 15.9 Å². The topological polar surface area (TPSA) is 97.9 Å². The summed E-state index contributed by atoms with van der Waals surface area (Å²) in [5.41, 5.74) is 3.69. The number of thiophene rings is 1. The Kier molecular flexibility index (Phi) is 6.63. The highest BCUT2D eigenvalue weighted by molar-refractivity contribution is 7.20. The lowest BCUT2D eigenvalue weighted by Gasteiger charge is -2.06. The highest BCUT2D eigenvalue weighted by Gasteiger charge is 2.19. The van der Waals surface area contributed by atoms with Gasteiger partial charge in [0.15, 0.2) is 6.61 Å². The van der Waals surface area contributed by atoms with E-state index in [2.05, 4.69) is 20.6 Å².